The van der Waals surface area contributed by atoms with Crippen LogP contribution in [0, 0.1) is 5.92 Å². The lowest BCUT2D eigenvalue weighted by atomic mass is 10.2. The van der Waals surface area contributed by atoms with Gasteiger partial charge in [0.2, 0.25) is 5.88 Å². The molecular formula is C15H27N3O2. The van der Waals surface area contributed by atoms with E-state index in [-0.39, 0.29) is 6.04 Å². The Morgan fingerprint density at radius 1 is 1.30 bits per heavy atom. The molecule has 1 unspecified atom stereocenters. The van der Waals surface area contributed by atoms with Gasteiger partial charge in [-0.15, -0.1) is 0 Å². The van der Waals surface area contributed by atoms with Crippen LogP contribution in [-0.2, 0) is 4.74 Å². The molecule has 1 atom stereocenters. The van der Waals surface area contributed by atoms with Gasteiger partial charge in [0.15, 0.2) is 0 Å². The van der Waals surface area contributed by atoms with Crippen LogP contribution in [0.25, 0.3) is 0 Å². The summed E-state index contributed by atoms with van der Waals surface area (Å²) in [6.07, 6.45) is 2.12. The predicted molar refractivity (Wildman–Crippen MR) is 83.2 cm³/mol. The Morgan fingerprint density at radius 3 is 2.65 bits per heavy atom. The molecule has 0 aliphatic heterocycles. The third kappa shape index (κ3) is 5.65. The smallest absolute Gasteiger partial charge is 0.239 e. The topological polar surface area (TPSA) is 69.4 Å². The average Bonchev–Trinajstić information content (AvgIpc) is 2.40. The Kier molecular flexibility index (Phi) is 7.15. The highest BCUT2D eigenvalue weighted by atomic mass is 16.5. The minimum absolute atomic E-state index is 0.249. The molecule has 1 aromatic heterocycles. The van der Waals surface area contributed by atoms with Crippen molar-refractivity contribution in [1.29, 1.82) is 0 Å². The summed E-state index contributed by atoms with van der Waals surface area (Å²) in [5, 5.41) is 3.36. The first kappa shape index (κ1) is 16.6. The van der Waals surface area contributed by atoms with Crippen molar-refractivity contribution in [1.82, 2.24) is 4.98 Å². The molecule has 5 nitrogen and oxygen atoms in total. The van der Waals surface area contributed by atoms with Gasteiger partial charge in [0.25, 0.3) is 0 Å². The molecule has 0 bridgehead atoms. The van der Waals surface area contributed by atoms with E-state index in [1.807, 2.05) is 12.1 Å². The van der Waals surface area contributed by atoms with Crippen LogP contribution in [0.3, 0.4) is 0 Å². The van der Waals surface area contributed by atoms with E-state index < -0.39 is 0 Å². The number of anilines is 2. The van der Waals surface area contributed by atoms with Crippen molar-refractivity contribution in [2.45, 2.75) is 39.7 Å². The molecular weight excluding hydrogens is 254 g/mol. The molecule has 0 saturated carbocycles. The van der Waals surface area contributed by atoms with Crippen molar-refractivity contribution >= 4 is 11.5 Å². The highest BCUT2D eigenvalue weighted by Gasteiger charge is 2.10. The molecule has 0 fully saturated rings. The Morgan fingerprint density at radius 2 is 2.05 bits per heavy atom. The standard InChI is InChI=1S/C15H27N3O2/c1-5-6-12(10-19-4)17-14-8-7-13(16)15(18-14)20-9-11(2)3/h7-8,11-12H,5-6,9-10,16H2,1-4H3,(H,17,18). The number of hydrogen-bond donors (Lipinski definition) is 2. The molecule has 0 aromatic carbocycles. The zero-order chi connectivity index (χ0) is 15.0. The van der Waals surface area contributed by atoms with E-state index in [2.05, 4.69) is 31.1 Å². The third-order valence-corrected chi connectivity index (χ3v) is 2.80. The number of hydrogen-bond acceptors (Lipinski definition) is 5. The van der Waals surface area contributed by atoms with Crippen LogP contribution in [0.1, 0.15) is 33.6 Å². The molecule has 0 amide bonds. The monoisotopic (exact) mass is 281 g/mol. The maximum absolute atomic E-state index is 5.88. The molecule has 3 N–H and O–H groups in total. The predicted octanol–water partition coefficient (Wildman–Crippen LogP) is 2.93. The van der Waals surface area contributed by atoms with Crippen molar-refractivity contribution in [3.63, 3.8) is 0 Å². The molecule has 5 heteroatoms. The average molecular weight is 281 g/mol. The lowest BCUT2D eigenvalue weighted by Crippen LogP contribution is -2.25. The summed E-state index contributed by atoms with van der Waals surface area (Å²) in [5.41, 5.74) is 6.45. The van der Waals surface area contributed by atoms with Crippen molar-refractivity contribution in [2.75, 3.05) is 31.4 Å². The van der Waals surface area contributed by atoms with Crippen LogP contribution in [0.4, 0.5) is 11.5 Å². The summed E-state index contributed by atoms with van der Waals surface area (Å²) in [6.45, 7) is 7.60. The van der Waals surface area contributed by atoms with Crippen LogP contribution < -0.4 is 15.8 Å². The Labute approximate surface area is 121 Å². The lowest BCUT2D eigenvalue weighted by Gasteiger charge is -2.19. The first-order valence-electron chi connectivity index (χ1n) is 7.21. The van der Waals surface area contributed by atoms with Crippen molar-refractivity contribution in [3.8, 4) is 5.88 Å². The highest BCUT2D eigenvalue weighted by molar-refractivity contribution is 5.53. The van der Waals surface area contributed by atoms with Crippen LogP contribution in [0.15, 0.2) is 12.1 Å². The van der Waals surface area contributed by atoms with Gasteiger partial charge in [-0.1, -0.05) is 27.2 Å². The van der Waals surface area contributed by atoms with Gasteiger partial charge in [-0.2, -0.15) is 4.98 Å². The van der Waals surface area contributed by atoms with E-state index in [1.54, 1.807) is 7.11 Å². The minimum Gasteiger partial charge on any atom is -0.476 e. The van der Waals surface area contributed by atoms with E-state index in [9.17, 15) is 0 Å². The van der Waals surface area contributed by atoms with E-state index >= 15 is 0 Å². The SMILES string of the molecule is CCCC(COC)Nc1ccc(N)c(OCC(C)C)n1. The number of methoxy groups -OCH3 is 1. The van der Waals surface area contributed by atoms with Gasteiger partial charge in [0.1, 0.15) is 5.82 Å². The highest BCUT2D eigenvalue weighted by Crippen LogP contribution is 2.22. The maximum atomic E-state index is 5.88. The minimum atomic E-state index is 0.249. The van der Waals surface area contributed by atoms with Crippen LogP contribution in [0.5, 0.6) is 5.88 Å². The second kappa shape index (κ2) is 8.64. The van der Waals surface area contributed by atoms with Gasteiger partial charge < -0.3 is 20.5 Å². The maximum Gasteiger partial charge on any atom is 0.239 e. The summed E-state index contributed by atoms with van der Waals surface area (Å²) < 4.78 is 10.8. The van der Waals surface area contributed by atoms with Crippen LogP contribution >= 0.6 is 0 Å². The number of aromatic nitrogens is 1. The van der Waals surface area contributed by atoms with Gasteiger partial charge in [-0.05, 0) is 24.5 Å². The molecule has 0 aliphatic carbocycles. The Bertz CT molecular complexity index is 391. The fourth-order valence-corrected chi connectivity index (χ4v) is 1.85. The summed E-state index contributed by atoms with van der Waals surface area (Å²) >= 11 is 0. The van der Waals surface area contributed by atoms with E-state index in [4.69, 9.17) is 15.2 Å². The molecule has 114 valence electrons. The molecule has 1 rings (SSSR count). The van der Waals surface area contributed by atoms with Crippen LogP contribution in [0.2, 0.25) is 0 Å². The zero-order valence-corrected chi connectivity index (χ0v) is 13.0. The van der Waals surface area contributed by atoms with Gasteiger partial charge >= 0.3 is 0 Å². The van der Waals surface area contributed by atoms with Crippen molar-refractivity contribution < 1.29 is 9.47 Å². The largest absolute Gasteiger partial charge is 0.476 e. The molecule has 0 aliphatic rings. The summed E-state index contributed by atoms with van der Waals surface area (Å²) in [6, 6.07) is 3.94. The van der Waals surface area contributed by atoms with Gasteiger partial charge in [0, 0.05) is 7.11 Å². The first-order chi connectivity index (χ1) is 9.56. The fourth-order valence-electron chi connectivity index (χ4n) is 1.85. The summed E-state index contributed by atoms with van der Waals surface area (Å²) in [7, 11) is 1.71. The molecule has 1 aromatic rings. The van der Waals surface area contributed by atoms with E-state index in [0.29, 0.717) is 30.7 Å². The first-order valence-corrected chi connectivity index (χ1v) is 7.21. The molecule has 0 radical (unpaired) electrons. The molecule has 0 spiro atoms. The van der Waals surface area contributed by atoms with E-state index in [0.717, 1.165) is 18.7 Å². The van der Waals surface area contributed by atoms with Crippen molar-refractivity contribution in [3.05, 3.63) is 12.1 Å². The number of rotatable bonds is 9. The fraction of sp³-hybridized carbons (Fsp3) is 0.667. The van der Waals surface area contributed by atoms with Gasteiger partial charge in [-0.25, -0.2) is 0 Å². The van der Waals surface area contributed by atoms with Crippen molar-refractivity contribution in [2.24, 2.45) is 5.92 Å². The molecule has 0 saturated heterocycles. The van der Waals surface area contributed by atoms with E-state index in [1.165, 1.54) is 0 Å². The molecule has 1 heterocycles. The normalized spacial score (nSPS) is 12.4. The molecule has 20 heavy (non-hydrogen) atoms. The number of ether oxygens (including phenoxy) is 2. The zero-order valence-electron chi connectivity index (χ0n) is 13.0. The summed E-state index contributed by atoms with van der Waals surface area (Å²) in [5.74, 6) is 1.71. The Hall–Kier alpha value is -1.49. The number of nitrogens with two attached hydrogens (primary N) is 1. The second-order valence-electron chi connectivity index (χ2n) is 5.38. The second-order valence-corrected chi connectivity index (χ2v) is 5.38. The lowest BCUT2D eigenvalue weighted by molar-refractivity contribution is 0.182. The number of nitrogen functional groups attached to an aromatic ring is 1. The number of nitrogens with one attached hydrogen (secondary N) is 1. The summed E-state index contributed by atoms with van der Waals surface area (Å²) in [4.78, 5) is 4.43. The Balaban J connectivity index is 2.72. The number of nitrogens with zero attached hydrogens (tertiary/aromatic N) is 1. The van der Waals surface area contributed by atoms with Gasteiger partial charge in [-0.3, -0.25) is 0 Å². The third-order valence-electron chi connectivity index (χ3n) is 2.80. The van der Waals surface area contributed by atoms with Gasteiger partial charge in [0.05, 0.1) is 24.9 Å². The number of pyridine rings is 1. The quantitative estimate of drug-likeness (QED) is 0.728. The van der Waals surface area contributed by atoms with Crippen LogP contribution in [-0.4, -0.2) is 31.3 Å².